The average molecular weight is 261 g/mol. The molecule has 0 aromatic rings. The van der Waals surface area contributed by atoms with E-state index in [0.717, 1.165) is 26.5 Å². The van der Waals surface area contributed by atoms with Crippen LogP contribution in [-0.2, 0) is 14.3 Å². The zero-order valence-electron chi connectivity index (χ0n) is 11.0. The van der Waals surface area contributed by atoms with Crippen LogP contribution in [0.5, 0.6) is 0 Å². The highest BCUT2D eigenvalue weighted by molar-refractivity contribution is 5.89. The topological polar surface area (TPSA) is 95.9 Å². The molecule has 0 saturated carbocycles. The van der Waals surface area contributed by atoms with E-state index in [4.69, 9.17) is 0 Å². The number of methoxy groups -OCH3 is 1. The van der Waals surface area contributed by atoms with Crippen molar-refractivity contribution >= 4 is 11.8 Å². The molecule has 0 aromatic carbocycles. The maximum atomic E-state index is 11.4. The van der Waals surface area contributed by atoms with E-state index in [2.05, 4.69) is 17.0 Å². The normalized spacial score (nSPS) is 14.0. The molecule has 6 nitrogen and oxygen atoms in total. The fourth-order valence-corrected chi connectivity index (χ4v) is 1.39. The molecule has 0 aliphatic rings. The standard InChI is InChI=1S/C12H23NO5/c1-3-4-7-13-8-5-6-9(14)10(15)11(16)12(17)18-2/h10-11,13,15-16H,3-8H2,1-2H3/t10-,11+/m0/s1. The number of rotatable bonds is 10. The molecule has 3 N–H and O–H groups in total. The fourth-order valence-electron chi connectivity index (χ4n) is 1.39. The Kier molecular flexibility index (Phi) is 9.45. The van der Waals surface area contributed by atoms with E-state index in [1.807, 2.05) is 0 Å². The smallest absolute Gasteiger partial charge is 0.337 e. The van der Waals surface area contributed by atoms with Gasteiger partial charge in [0.1, 0.15) is 6.10 Å². The molecule has 18 heavy (non-hydrogen) atoms. The highest BCUT2D eigenvalue weighted by Crippen LogP contribution is 2.02. The van der Waals surface area contributed by atoms with Gasteiger partial charge in [0.2, 0.25) is 0 Å². The Labute approximate surface area is 107 Å². The third-order valence-corrected chi connectivity index (χ3v) is 2.56. The number of carbonyl (C=O) groups excluding carboxylic acids is 2. The van der Waals surface area contributed by atoms with Crippen LogP contribution in [0.3, 0.4) is 0 Å². The zero-order valence-corrected chi connectivity index (χ0v) is 11.0. The Hall–Kier alpha value is -0.980. The highest BCUT2D eigenvalue weighted by Gasteiger charge is 2.30. The molecule has 0 aliphatic carbocycles. The second kappa shape index (κ2) is 9.99. The van der Waals surface area contributed by atoms with Gasteiger partial charge >= 0.3 is 5.97 Å². The first-order valence-corrected chi connectivity index (χ1v) is 6.22. The summed E-state index contributed by atoms with van der Waals surface area (Å²) in [6, 6.07) is 0. The largest absolute Gasteiger partial charge is 0.467 e. The molecular formula is C12H23NO5. The summed E-state index contributed by atoms with van der Waals surface area (Å²) in [7, 11) is 1.08. The monoisotopic (exact) mass is 261 g/mol. The van der Waals surface area contributed by atoms with Crippen molar-refractivity contribution < 1.29 is 24.5 Å². The van der Waals surface area contributed by atoms with Gasteiger partial charge in [-0.3, -0.25) is 4.79 Å². The summed E-state index contributed by atoms with van der Waals surface area (Å²) in [6.45, 7) is 3.67. The summed E-state index contributed by atoms with van der Waals surface area (Å²) in [5.41, 5.74) is 0. The van der Waals surface area contributed by atoms with Crippen LogP contribution < -0.4 is 5.32 Å². The molecular weight excluding hydrogens is 238 g/mol. The Morgan fingerprint density at radius 2 is 1.78 bits per heavy atom. The lowest BCUT2D eigenvalue weighted by molar-refractivity contribution is -0.160. The third kappa shape index (κ3) is 6.68. The van der Waals surface area contributed by atoms with Gasteiger partial charge in [0, 0.05) is 6.42 Å². The lowest BCUT2D eigenvalue weighted by atomic mass is 10.1. The predicted molar refractivity (Wildman–Crippen MR) is 66.0 cm³/mol. The molecule has 0 aromatic heterocycles. The molecule has 0 amide bonds. The minimum atomic E-state index is -1.80. The van der Waals surface area contributed by atoms with Crippen molar-refractivity contribution in [3.63, 3.8) is 0 Å². The van der Waals surface area contributed by atoms with Gasteiger partial charge in [-0.05, 0) is 25.9 Å². The number of aliphatic hydroxyl groups excluding tert-OH is 2. The highest BCUT2D eigenvalue weighted by atomic mass is 16.5. The summed E-state index contributed by atoms with van der Waals surface area (Å²) >= 11 is 0. The molecule has 0 saturated heterocycles. The van der Waals surface area contributed by atoms with E-state index < -0.39 is 24.0 Å². The molecule has 0 bridgehead atoms. The van der Waals surface area contributed by atoms with Crippen LogP contribution in [0.2, 0.25) is 0 Å². The third-order valence-electron chi connectivity index (χ3n) is 2.56. The number of hydrogen-bond donors (Lipinski definition) is 3. The van der Waals surface area contributed by atoms with Crippen molar-refractivity contribution in [1.29, 1.82) is 0 Å². The molecule has 0 heterocycles. The number of carbonyl (C=O) groups is 2. The van der Waals surface area contributed by atoms with Crippen molar-refractivity contribution in [3.05, 3.63) is 0 Å². The summed E-state index contributed by atoms with van der Waals surface area (Å²) in [5, 5.41) is 21.8. The van der Waals surface area contributed by atoms with E-state index in [9.17, 15) is 19.8 Å². The Morgan fingerprint density at radius 3 is 2.33 bits per heavy atom. The Bertz CT molecular complexity index is 257. The number of unbranched alkanes of at least 4 members (excludes halogenated alkanes) is 1. The lowest BCUT2D eigenvalue weighted by Gasteiger charge is -2.14. The van der Waals surface area contributed by atoms with Gasteiger partial charge in [-0.2, -0.15) is 0 Å². The van der Waals surface area contributed by atoms with Crippen molar-refractivity contribution in [2.45, 2.75) is 44.8 Å². The second-order valence-corrected chi connectivity index (χ2v) is 4.09. The number of ether oxygens (including phenoxy) is 1. The van der Waals surface area contributed by atoms with Gasteiger partial charge < -0.3 is 20.3 Å². The number of esters is 1. The van der Waals surface area contributed by atoms with Crippen LogP contribution in [0.1, 0.15) is 32.6 Å². The van der Waals surface area contributed by atoms with Gasteiger partial charge in [-0.15, -0.1) is 0 Å². The van der Waals surface area contributed by atoms with Crippen LogP contribution in [0.4, 0.5) is 0 Å². The van der Waals surface area contributed by atoms with Crippen LogP contribution in [0.15, 0.2) is 0 Å². The van der Waals surface area contributed by atoms with Crippen LogP contribution >= 0.6 is 0 Å². The van der Waals surface area contributed by atoms with Gasteiger partial charge in [0.15, 0.2) is 11.9 Å². The number of ketones is 1. The van der Waals surface area contributed by atoms with E-state index in [0.29, 0.717) is 13.0 Å². The predicted octanol–water partition coefficient (Wildman–Crippen LogP) is -0.380. The first-order valence-electron chi connectivity index (χ1n) is 6.22. The van der Waals surface area contributed by atoms with E-state index in [1.54, 1.807) is 0 Å². The molecule has 6 heteroatoms. The van der Waals surface area contributed by atoms with Crippen molar-refractivity contribution in [2.75, 3.05) is 20.2 Å². The minimum Gasteiger partial charge on any atom is -0.467 e. The average Bonchev–Trinajstić information content (AvgIpc) is 2.39. The molecule has 2 atom stereocenters. The van der Waals surface area contributed by atoms with Crippen LogP contribution in [0.25, 0.3) is 0 Å². The zero-order chi connectivity index (χ0) is 14.0. The second-order valence-electron chi connectivity index (χ2n) is 4.09. The SMILES string of the molecule is CCCCNCCCC(=O)[C@H](O)[C@@H](O)C(=O)OC. The summed E-state index contributed by atoms with van der Waals surface area (Å²) < 4.78 is 4.24. The molecule has 0 aliphatic heterocycles. The van der Waals surface area contributed by atoms with Crippen molar-refractivity contribution in [2.24, 2.45) is 0 Å². The first-order chi connectivity index (χ1) is 8.54. The molecule has 0 fully saturated rings. The lowest BCUT2D eigenvalue weighted by Crippen LogP contribution is -2.40. The maximum Gasteiger partial charge on any atom is 0.337 e. The minimum absolute atomic E-state index is 0.119. The molecule has 106 valence electrons. The van der Waals surface area contributed by atoms with E-state index in [1.165, 1.54) is 0 Å². The molecule has 0 unspecified atom stereocenters. The van der Waals surface area contributed by atoms with E-state index >= 15 is 0 Å². The number of nitrogens with one attached hydrogen (secondary N) is 1. The summed E-state index contributed by atoms with van der Waals surface area (Å²) in [4.78, 5) is 22.4. The maximum absolute atomic E-state index is 11.4. The van der Waals surface area contributed by atoms with Crippen molar-refractivity contribution in [1.82, 2.24) is 5.32 Å². The van der Waals surface area contributed by atoms with E-state index in [-0.39, 0.29) is 6.42 Å². The van der Waals surface area contributed by atoms with Gasteiger partial charge in [0.25, 0.3) is 0 Å². The van der Waals surface area contributed by atoms with Gasteiger partial charge in [-0.25, -0.2) is 4.79 Å². The van der Waals surface area contributed by atoms with Crippen LogP contribution in [0, 0.1) is 0 Å². The molecule has 0 spiro atoms. The quantitative estimate of drug-likeness (QED) is 0.366. The Balaban J connectivity index is 3.77. The van der Waals surface area contributed by atoms with Gasteiger partial charge in [-0.1, -0.05) is 13.3 Å². The number of Topliss-reactive ketones (excluding diaryl/α,β-unsaturated/α-hetero) is 1. The molecule has 0 rings (SSSR count). The summed E-state index contributed by atoms with van der Waals surface area (Å²) in [6.07, 6.45) is -0.626. The van der Waals surface area contributed by atoms with Crippen LogP contribution in [-0.4, -0.2) is 54.4 Å². The summed E-state index contributed by atoms with van der Waals surface area (Å²) in [5.74, 6) is -1.55. The fraction of sp³-hybridized carbons (Fsp3) is 0.833. The number of hydrogen-bond acceptors (Lipinski definition) is 6. The van der Waals surface area contributed by atoms with Crippen molar-refractivity contribution in [3.8, 4) is 0 Å². The number of aliphatic hydroxyl groups is 2. The first kappa shape index (κ1) is 17.0. The van der Waals surface area contributed by atoms with Gasteiger partial charge in [0.05, 0.1) is 7.11 Å². The molecule has 0 radical (unpaired) electrons. The Morgan fingerprint density at radius 1 is 1.17 bits per heavy atom.